The highest BCUT2D eigenvalue weighted by molar-refractivity contribution is 5.04. The standard InChI is InChI=1S/C13H23N3O/c1-11-13(15-10-17-11)9-16-7-4-12(5-8-16)3-6-14-2/h10,12,14H,3-9H2,1-2H3. The van der Waals surface area contributed by atoms with E-state index in [2.05, 4.69) is 15.2 Å². The SMILES string of the molecule is CNCCC1CCN(Cc2ncoc2C)CC1. The van der Waals surface area contributed by atoms with Crippen LogP contribution < -0.4 is 5.32 Å². The van der Waals surface area contributed by atoms with Crippen molar-refractivity contribution in [2.75, 3.05) is 26.7 Å². The fourth-order valence-corrected chi connectivity index (χ4v) is 2.47. The number of likely N-dealkylation sites (tertiary alicyclic amines) is 1. The number of hydrogen-bond acceptors (Lipinski definition) is 4. The number of aromatic nitrogens is 1. The van der Waals surface area contributed by atoms with E-state index < -0.39 is 0 Å². The molecule has 0 aliphatic carbocycles. The third kappa shape index (κ3) is 3.54. The van der Waals surface area contributed by atoms with Crippen LogP contribution in [0, 0.1) is 12.8 Å². The molecule has 4 nitrogen and oxygen atoms in total. The van der Waals surface area contributed by atoms with Gasteiger partial charge in [0.25, 0.3) is 0 Å². The predicted octanol–water partition coefficient (Wildman–Crippen LogP) is 1.80. The summed E-state index contributed by atoms with van der Waals surface area (Å²) < 4.78 is 5.23. The van der Waals surface area contributed by atoms with Crippen LogP contribution in [0.1, 0.15) is 30.7 Å². The van der Waals surface area contributed by atoms with Crippen molar-refractivity contribution in [3.8, 4) is 0 Å². The maximum absolute atomic E-state index is 5.23. The fourth-order valence-electron chi connectivity index (χ4n) is 2.47. The van der Waals surface area contributed by atoms with Gasteiger partial charge in [0.15, 0.2) is 6.39 Å². The van der Waals surface area contributed by atoms with Gasteiger partial charge >= 0.3 is 0 Å². The molecule has 2 rings (SSSR count). The van der Waals surface area contributed by atoms with E-state index >= 15 is 0 Å². The van der Waals surface area contributed by atoms with E-state index in [-0.39, 0.29) is 0 Å². The van der Waals surface area contributed by atoms with Gasteiger partial charge < -0.3 is 9.73 Å². The van der Waals surface area contributed by atoms with E-state index in [9.17, 15) is 0 Å². The van der Waals surface area contributed by atoms with Crippen LogP contribution in [-0.2, 0) is 6.54 Å². The Morgan fingerprint density at radius 3 is 2.82 bits per heavy atom. The first-order valence-corrected chi connectivity index (χ1v) is 6.55. The first-order chi connectivity index (χ1) is 8.29. The van der Waals surface area contributed by atoms with Crippen molar-refractivity contribution in [1.29, 1.82) is 0 Å². The largest absolute Gasteiger partial charge is 0.448 e. The fraction of sp³-hybridized carbons (Fsp3) is 0.769. The molecule has 1 N–H and O–H groups in total. The number of oxazole rings is 1. The molecule has 4 heteroatoms. The van der Waals surface area contributed by atoms with Gasteiger partial charge in [-0.2, -0.15) is 0 Å². The lowest BCUT2D eigenvalue weighted by molar-refractivity contribution is 0.170. The van der Waals surface area contributed by atoms with Crippen molar-refractivity contribution in [3.63, 3.8) is 0 Å². The van der Waals surface area contributed by atoms with Gasteiger partial charge in [-0.1, -0.05) is 0 Å². The van der Waals surface area contributed by atoms with Gasteiger partial charge in [-0.05, 0) is 58.8 Å². The third-order valence-electron chi connectivity index (χ3n) is 3.73. The summed E-state index contributed by atoms with van der Waals surface area (Å²) in [5, 5.41) is 3.23. The van der Waals surface area contributed by atoms with Crippen LogP contribution in [0.3, 0.4) is 0 Å². The van der Waals surface area contributed by atoms with E-state index in [1.807, 2.05) is 14.0 Å². The molecular formula is C13H23N3O. The summed E-state index contributed by atoms with van der Waals surface area (Å²) in [6.07, 6.45) is 5.49. The first kappa shape index (κ1) is 12.6. The lowest BCUT2D eigenvalue weighted by Gasteiger charge is -2.31. The van der Waals surface area contributed by atoms with Gasteiger partial charge in [0.05, 0.1) is 5.69 Å². The van der Waals surface area contributed by atoms with Crippen molar-refractivity contribution in [1.82, 2.24) is 15.2 Å². The van der Waals surface area contributed by atoms with Crippen LogP contribution >= 0.6 is 0 Å². The summed E-state index contributed by atoms with van der Waals surface area (Å²) in [7, 11) is 2.03. The van der Waals surface area contributed by atoms with Crippen molar-refractivity contribution < 1.29 is 4.42 Å². The van der Waals surface area contributed by atoms with Crippen LogP contribution in [-0.4, -0.2) is 36.6 Å². The van der Waals surface area contributed by atoms with Crippen molar-refractivity contribution >= 4 is 0 Å². The molecular weight excluding hydrogens is 214 g/mol. The Hall–Kier alpha value is -0.870. The summed E-state index contributed by atoms with van der Waals surface area (Å²) in [4.78, 5) is 6.75. The molecule has 0 unspecified atom stereocenters. The van der Waals surface area contributed by atoms with Gasteiger partial charge in [0, 0.05) is 6.54 Å². The monoisotopic (exact) mass is 237 g/mol. The van der Waals surface area contributed by atoms with E-state index in [1.54, 1.807) is 6.39 Å². The normalized spacial score (nSPS) is 18.7. The highest BCUT2D eigenvalue weighted by atomic mass is 16.3. The molecule has 0 aromatic carbocycles. The third-order valence-corrected chi connectivity index (χ3v) is 3.73. The van der Waals surface area contributed by atoms with E-state index in [4.69, 9.17) is 4.42 Å². The second kappa shape index (κ2) is 6.17. The quantitative estimate of drug-likeness (QED) is 0.848. The maximum Gasteiger partial charge on any atom is 0.181 e. The number of hydrogen-bond donors (Lipinski definition) is 1. The molecule has 1 aliphatic heterocycles. The summed E-state index contributed by atoms with van der Waals surface area (Å²) >= 11 is 0. The van der Waals surface area contributed by atoms with E-state index in [0.29, 0.717) is 0 Å². The van der Waals surface area contributed by atoms with Gasteiger partial charge in [-0.3, -0.25) is 4.90 Å². The Morgan fingerprint density at radius 1 is 1.47 bits per heavy atom. The lowest BCUT2D eigenvalue weighted by Crippen LogP contribution is -2.34. The maximum atomic E-state index is 5.23. The molecule has 1 fully saturated rings. The summed E-state index contributed by atoms with van der Waals surface area (Å²) in [6, 6.07) is 0. The molecule has 1 aromatic heterocycles. The molecule has 1 aromatic rings. The second-order valence-corrected chi connectivity index (χ2v) is 4.97. The molecule has 0 saturated carbocycles. The topological polar surface area (TPSA) is 41.3 Å². The molecule has 96 valence electrons. The molecule has 0 amide bonds. The lowest BCUT2D eigenvalue weighted by atomic mass is 9.93. The summed E-state index contributed by atoms with van der Waals surface area (Å²) in [5.74, 6) is 1.86. The Bertz CT molecular complexity index is 329. The van der Waals surface area contributed by atoms with E-state index in [0.717, 1.165) is 30.5 Å². The van der Waals surface area contributed by atoms with Gasteiger partial charge in [0.1, 0.15) is 5.76 Å². The number of piperidine rings is 1. The van der Waals surface area contributed by atoms with Crippen LogP contribution in [0.5, 0.6) is 0 Å². The smallest absolute Gasteiger partial charge is 0.181 e. The minimum Gasteiger partial charge on any atom is -0.448 e. The number of nitrogens with one attached hydrogen (secondary N) is 1. The molecule has 0 radical (unpaired) electrons. The minimum absolute atomic E-state index is 0.900. The molecule has 0 spiro atoms. The Labute approximate surface area is 103 Å². The molecule has 2 heterocycles. The van der Waals surface area contributed by atoms with Crippen LogP contribution in [0.15, 0.2) is 10.8 Å². The van der Waals surface area contributed by atoms with Gasteiger partial charge in [-0.25, -0.2) is 4.98 Å². The number of nitrogens with zero attached hydrogens (tertiary/aromatic N) is 2. The summed E-state index contributed by atoms with van der Waals surface area (Å²) in [6.45, 7) is 6.47. The van der Waals surface area contributed by atoms with Gasteiger partial charge in [0.2, 0.25) is 0 Å². The van der Waals surface area contributed by atoms with Crippen molar-refractivity contribution in [3.05, 3.63) is 17.8 Å². The Kier molecular flexibility index (Phi) is 4.57. The van der Waals surface area contributed by atoms with Gasteiger partial charge in [-0.15, -0.1) is 0 Å². The minimum atomic E-state index is 0.900. The molecule has 0 bridgehead atoms. The van der Waals surface area contributed by atoms with Crippen molar-refractivity contribution in [2.45, 2.75) is 32.7 Å². The number of aryl methyl sites for hydroxylation is 1. The van der Waals surface area contributed by atoms with Crippen molar-refractivity contribution in [2.24, 2.45) is 5.92 Å². The molecule has 17 heavy (non-hydrogen) atoms. The highest BCUT2D eigenvalue weighted by Crippen LogP contribution is 2.21. The molecule has 1 aliphatic rings. The second-order valence-electron chi connectivity index (χ2n) is 4.97. The molecule has 1 saturated heterocycles. The Balaban J connectivity index is 1.74. The number of rotatable bonds is 5. The average Bonchev–Trinajstić information content (AvgIpc) is 2.74. The van der Waals surface area contributed by atoms with E-state index in [1.165, 1.54) is 32.4 Å². The van der Waals surface area contributed by atoms with Crippen LogP contribution in [0.4, 0.5) is 0 Å². The average molecular weight is 237 g/mol. The van der Waals surface area contributed by atoms with Crippen LogP contribution in [0.25, 0.3) is 0 Å². The Morgan fingerprint density at radius 2 is 2.24 bits per heavy atom. The zero-order chi connectivity index (χ0) is 12.1. The highest BCUT2D eigenvalue weighted by Gasteiger charge is 2.19. The van der Waals surface area contributed by atoms with Crippen LogP contribution in [0.2, 0.25) is 0 Å². The molecule has 0 atom stereocenters. The zero-order valence-electron chi connectivity index (χ0n) is 10.9. The zero-order valence-corrected chi connectivity index (χ0v) is 10.9. The first-order valence-electron chi connectivity index (χ1n) is 6.55. The summed E-state index contributed by atoms with van der Waals surface area (Å²) in [5.41, 5.74) is 1.10. The predicted molar refractivity (Wildman–Crippen MR) is 67.8 cm³/mol.